The number of nitrogens with zero attached hydrogens (tertiary/aromatic N) is 2. The van der Waals surface area contributed by atoms with Gasteiger partial charge in [-0.2, -0.15) is 0 Å². The van der Waals surface area contributed by atoms with Crippen LogP contribution in [0.5, 0.6) is 0 Å². The number of benzene rings is 3. The van der Waals surface area contributed by atoms with Gasteiger partial charge in [-0.3, -0.25) is 9.10 Å². The first-order valence-corrected chi connectivity index (χ1v) is 11.1. The third-order valence-corrected chi connectivity index (χ3v) is 6.42. The first kappa shape index (κ1) is 21.4. The van der Waals surface area contributed by atoms with Crippen molar-refractivity contribution in [3.63, 3.8) is 0 Å². The molecule has 0 aliphatic heterocycles. The Hall–Kier alpha value is -3.32. The van der Waals surface area contributed by atoms with Gasteiger partial charge in [0.2, 0.25) is 5.91 Å². The number of nitrogens with one attached hydrogen (secondary N) is 1. The van der Waals surface area contributed by atoms with Crippen LogP contribution in [0, 0.1) is 0 Å². The van der Waals surface area contributed by atoms with Crippen LogP contribution in [-0.2, 0) is 14.8 Å². The van der Waals surface area contributed by atoms with Gasteiger partial charge in [0.1, 0.15) is 6.54 Å². The number of rotatable bonds is 9. The van der Waals surface area contributed by atoms with Crippen molar-refractivity contribution in [2.75, 3.05) is 35.9 Å². The molecular weight excluding hydrogens is 398 g/mol. The van der Waals surface area contributed by atoms with E-state index in [2.05, 4.69) is 5.32 Å². The third kappa shape index (κ3) is 5.39. The van der Waals surface area contributed by atoms with Crippen molar-refractivity contribution in [2.45, 2.75) is 4.90 Å². The van der Waals surface area contributed by atoms with Crippen molar-refractivity contribution < 1.29 is 13.2 Å². The SMILES string of the molecule is CN(CCNC(=O)CN(c1ccccc1)S(=O)(=O)c1ccccc1)c1ccccc1. The molecule has 0 aliphatic carbocycles. The van der Waals surface area contributed by atoms with Crippen LogP contribution < -0.4 is 14.5 Å². The minimum Gasteiger partial charge on any atom is -0.373 e. The summed E-state index contributed by atoms with van der Waals surface area (Å²) in [6.07, 6.45) is 0. The van der Waals surface area contributed by atoms with Gasteiger partial charge in [-0.15, -0.1) is 0 Å². The number of hydrogen-bond donors (Lipinski definition) is 1. The number of likely N-dealkylation sites (N-methyl/N-ethyl adjacent to an activating group) is 1. The molecule has 7 heteroatoms. The summed E-state index contributed by atoms with van der Waals surface area (Å²) in [6, 6.07) is 26.6. The van der Waals surface area contributed by atoms with Gasteiger partial charge in [0.15, 0.2) is 0 Å². The van der Waals surface area contributed by atoms with E-state index in [1.165, 1.54) is 12.1 Å². The normalized spacial score (nSPS) is 11.0. The van der Waals surface area contributed by atoms with Crippen molar-refractivity contribution in [3.05, 3.63) is 91.0 Å². The van der Waals surface area contributed by atoms with E-state index in [4.69, 9.17) is 0 Å². The van der Waals surface area contributed by atoms with Crippen LogP contribution in [0.1, 0.15) is 0 Å². The van der Waals surface area contributed by atoms with Gasteiger partial charge in [-0.05, 0) is 36.4 Å². The summed E-state index contributed by atoms with van der Waals surface area (Å²) in [5, 5.41) is 2.82. The summed E-state index contributed by atoms with van der Waals surface area (Å²) in [7, 11) is -1.93. The van der Waals surface area contributed by atoms with Crippen molar-refractivity contribution in [2.24, 2.45) is 0 Å². The summed E-state index contributed by atoms with van der Waals surface area (Å²) in [5.41, 5.74) is 1.49. The average molecular weight is 424 g/mol. The lowest BCUT2D eigenvalue weighted by Gasteiger charge is -2.24. The quantitative estimate of drug-likeness (QED) is 0.574. The Morgan fingerprint density at radius 1 is 0.800 bits per heavy atom. The Balaban J connectivity index is 1.68. The Bertz CT molecular complexity index is 1040. The topological polar surface area (TPSA) is 69.7 Å². The molecule has 0 atom stereocenters. The van der Waals surface area contributed by atoms with Crippen LogP contribution in [0.4, 0.5) is 11.4 Å². The molecule has 3 rings (SSSR count). The predicted octanol–water partition coefficient (Wildman–Crippen LogP) is 3.13. The Morgan fingerprint density at radius 3 is 1.87 bits per heavy atom. The van der Waals surface area contributed by atoms with E-state index in [0.717, 1.165) is 9.99 Å². The van der Waals surface area contributed by atoms with E-state index < -0.39 is 10.0 Å². The molecule has 3 aromatic carbocycles. The molecule has 6 nitrogen and oxygen atoms in total. The van der Waals surface area contributed by atoms with Gasteiger partial charge in [0.05, 0.1) is 10.6 Å². The minimum atomic E-state index is -3.87. The first-order chi connectivity index (χ1) is 14.5. The van der Waals surface area contributed by atoms with Gasteiger partial charge in [-0.25, -0.2) is 8.42 Å². The highest BCUT2D eigenvalue weighted by Gasteiger charge is 2.26. The van der Waals surface area contributed by atoms with Crippen LogP contribution in [-0.4, -0.2) is 41.0 Å². The van der Waals surface area contributed by atoms with Crippen molar-refractivity contribution in [3.8, 4) is 0 Å². The zero-order valence-electron chi connectivity index (χ0n) is 16.8. The highest BCUT2D eigenvalue weighted by molar-refractivity contribution is 7.92. The third-order valence-electron chi connectivity index (χ3n) is 4.63. The maximum absolute atomic E-state index is 13.2. The molecule has 0 spiro atoms. The van der Waals surface area contributed by atoms with Crippen LogP contribution in [0.25, 0.3) is 0 Å². The summed E-state index contributed by atoms with van der Waals surface area (Å²) < 4.78 is 27.5. The molecule has 1 amide bonds. The number of sulfonamides is 1. The van der Waals surface area contributed by atoms with Crippen molar-refractivity contribution in [1.29, 1.82) is 0 Å². The van der Waals surface area contributed by atoms with Gasteiger partial charge in [-0.1, -0.05) is 54.6 Å². The molecule has 0 saturated carbocycles. The molecule has 0 radical (unpaired) electrons. The van der Waals surface area contributed by atoms with E-state index in [1.807, 2.05) is 42.3 Å². The fourth-order valence-electron chi connectivity index (χ4n) is 2.99. The fourth-order valence-corrected chi connectivity index (χ4v) is 4.43. The molecule has 0 heterocycles. The standard InChI is InChI=1S/C23H25N3O3S/c1-25(20-11-5-2-6-12-20)18-17-24-23(27)19-26(21-13-7-3-8-14-21)30(28,29)22-15-9-4-10-16-22/h2-16H,17-19H2,1H3,(H,24,27). The summed E-state index contributed by atoms with van der Waals surface area (Å²) in [4.78, 5) is 14.8. The lowest BCUT2D eigenvalue weighted by atomic mass is 10.3. The highest BCUT2D eigenvalue weighted by Crippen LogP contribution is 2.23. The van der Waals surface area contributed by atoms with E-state index in [-0.39, 0.29) is 17.3 Å². The molecule has 0 fully saturated rings. The fraction of sp³-hybridized carbons (Fsp3) is 0.174. The maximum atomic E-state index is 13.2. The molecule has 0 bridgehead atoms. The summed E-state index contributed by atoms with van der Waals surface area (Å²) >= 11 is 0. The first-order valence-electron chi connectivity index (χ1n) is 9.64. The Morgan fingerprint density at radius 2 is 1.30 bits per heavy atom. The van der Waals surface area contributed by atoms with Crippen LogP contribution >= 0.6 is 0 Å². The van der Waals surface area contributed by atoms with Crippen molar-refractivity contribution in [1.82, 2.24) is 5.32 Å². The second kappa shape index (κ2) is 9.93. The highest BCUT2D eigenvalue weighted by atomic mass is 32.2. The Kier molecular flexibility index (Phi) is 7.08. The molecule has 0 aliphatic rings. The van der Waals surface area contributed by atoms with Gasteiger partial charge < -0.3 is 10.2 Å². The van der Waals surface area contributed by atoms with Crippen LogP contribution in [0.2, 0.25) is 0 Å². The number of para-hydroxylation sites is 2. The zero-order chi connectivity index (χ0) is 21.4. The molecule has 30 heavy (non-hydrogen) atoms. The van der Waals surface area contributed by atoms with Gasteiger partial charge in [0, 0.05) is 25.8 Å². The number of hydrogen-bond acceptors (Lipinski definition) is 4. The van der Waals surface area contributed by atoms with Crippen LogP contribution in [0.3, 0.4) is 0 Å². The zero-order valence-corrected chi connectivity index (χ0v) is 17.6. The number of carbonyl (C=O) groups is 1. The van der Waals surface area contributed by atoms with E-state index in [0.29, 0.717) is 18.8 Å². The summed E-state index contributed by atoms with van der Waals surface area (Å²) in [5.74, 6) is -0.361. The Labute approximate surface area is 177 Å². The molecule has 156 valence electrons. The predicted molar refractivity (Wildman–Crippen MR) is 120 cm³/mol. The minimum absolute atomic E-state index is 0.144. The molecule has 0 aromatic heterocycles. The molecule has 1 N–H and O–H groups in total. The molecule has 0 saturated heterocycles. The lowest BCUT2D eigenvalue weighted by Crippen LogP contribution is -2.42. The number of anilines is 2. The van der Waals surface area contributed by atoms with Crippen molar-refractivity contribution >= 4 is 27.3 Å². The van der Waals surface area contributed by atoms with Crippen LogP contribution in [0.15, 0.2) is 95.9 Å². The second-order valence-corrected chi connectivity index (χ2v) is 8.63. The monoisotopic (exact) mass is 423 g/mol. The van der Waals surface area contributed by atoms with E-state index in [1.54, 1.807) is 48.5 Å². The van der Waals surface area contributed by atoms with E-state index in [9.17, 15) is 13.2 Å². The second-order valence-electron chi connectivity index (χ2n) is 6.77. The smallest absolute Gasteiger partial charge is 0.264 e. The van der Waals surface area contributed by atoms with Gasteiger partial charge in [0.25, 0.3) is 10.0 Å². The van der Waals surface area contributed by atoms with Gasteiger partial charge >= 0.3 is 0 Å². The average Bonchev–Trinajstić information content (AvgIpc) is 2.79. The van der Waals surface area contributed by atoms with E-state index >= 15 is 0 Å². The summed E-state index contributed by atoms with van der Waals surface area (Å²) in [6.45, 7) is 0.709. The largest absolute Gasteiger partial charge is 0.373 e. The lowest BCUT2D eigenvalue weighted by molar-refractivity contribution is -0.119. The molecule has 3 aromatic rings. The number of carbonyl (C=O) groups excluding carboxylic acids is 1. The molecule has 0 unspecified atom stereocenters. The molecular formula is C23H25N3O3S. The maximum Gasteiger partial charge on any atom is 0.264 e. The number of amides is 1.